The van der Waals surface area contributed by atoms with Crippen molar-refractivity contribution in [3.05, 3.63) is 0 Å². The van der Waals surface area contributed by atoms with Gasteiger partial charge in [-0.15, -0.1) is 0 Å². The van der Waals surface area contributed by atoms with Crippen LogP contribution in [0.3, 0.4) is 0 Å². The van der Waals surface area contributed by atoms with Gasteiger partial charge in [-0.2, -0.15) is 0 Å². The Balaban J connectivity index is 1.68. The Morgan fingerprint density at radius 1 is 1.08 bits per heavy atom. The molecule has 13 heavy (non-hydrogen) atoms. The molecule has 3 nitrogen and oxygen atoms in total. The first-order chi connectivity index (χ1) is 6.33. The lowest BCUT2D eigenvalue weighted by atomic mass is 10.2. The van der Waals surface area contributed by atoms with Crippen molar-refractivity contribution in [2.24, 2.45) is 5.92 Å². The van der Waals surface area contributed by atoms with Crippen LogP contribution in [0, 0.1) is 11.3 Å². The van der Waals surface area contributed by atoms with Crippen LogP contribution in [0.4, 0.5) is 0 Å². The topological polar surface area (TPSA) is 36.3 Å². The molecular formula is C10H16N2O. The summed E-state index contributed by atoms with van der Waals surface area (Å²) in [5, 5.41) is 7.98. The predicted octanol–water partition coefficient (Wildman–Crippen LogP) is 1.24. The molecule has 2 atom stereocenters. The third kappa shape index (κ3) is 1.35. The predicted molar refractivity (Wildman–Crippen MR) is 49.9 cm³/mol. The molecule has 0 spiro atoms. The molecule has 2 heterocycles. The molecule has 2 saturated heterocycles. The molecule has 0 radical (unpaired) electrons. The van der Waals surface area contributed by atoms with Crippen molar-refractivity contribution in [3.63, 3.8) is 0 Å². The molecule has 1 saturated carbocycles. The Labute approximate surface area is 78.6 Å². The Kier molecular flexibility index (Phi) is 1.62. The van der Waals surface area contributed by atoms with E-state index >= 15 is 0 Å². The number of ether oxygens (including phenoxy) is 1. The zero-order valence-electron chi connectivity index (χ0n) is 7.83. The van der Waals surface area contributed by atoms with Crippen molar-refractivity contribution >= 4 is 5.84 Å². The van der Waals surface area contributed by atoms with Crippen LogP contribution in [0.1, 0.15) is 25.7 Å². The molecule has 3 rings (SSSR count). The highest BCUT2D eigenvalue weighted by atomic mass is 16.5. The Bertz CT molecular complexity index is 225. The Morgan fingerprint density at radius 3 is 2.23 bits per heavy atom. The maximum atomic E-state index is 7.98. The van der Waals surface area contributed by atoms with Crippen LogP contribution in [0.25, 0.3) is 0 Å². The molecule has 1 aliphatic carbocycles. The molecule has 1 N–H and O–H groups in total. The maximum absolute atomic E-state index is 7.98. The van der Waals surface area contributed by atoms with Gasteiger partial charge in [-0.1, -0.05) is 0 Å². The first-order valence-electron chi connectivity index (χ1n) is 5.32. The lowest BCUT2D eigenvalue weighted by Gasteiger charge is -2.34. The van der Waals surface area contributed by atoms with Gasteiger partial charge in [0.1, 0.15) is 0 Å². The van der Waals surface area contributed by atoms with Gasteiger partial charge in [0.2, 0.25) is 0 Å². The van der Waals surface area contributed by atoms with E-state index < -0.39 is 0 Å². The van der Waals surface area contributed by atoms with Gasteiger partial charge in [-0.3, -0.25) is 5.41 Å². The normalized spacial score (nSPS) is 38.0. The van der Waals surface area contributed by atoms with E-state index in [1.807, 2.05) is 0 Å². The van der Waals surface area contributed by atoms with Crippen LogP contribution in [0.2, 0.25) is 0 Å². The molecule has 0 amide bonds. The summed E-state index contributed by atoms with van der Waals surface area (Å²) < 4.78 is 5.74. The second kappa shape index (κ2) is 2.71. The average molecular weight is 180 g/mol. The van der Waals surface area contributed by atoms with E-state index in [4.69, 9.17) is 10.1 Å². The number of fused-ring (bicyclic) bond motifs is 2. The molecule has 0 aromatic rings. The highest BCUT2D eigenvalue weighted by Crippen LogP contribution is 2.34. The van der Waals surface area contributed by atoms with Crippen molar-refractivity contribution in [3.8, 4) is 0 Å². The van der Waals surface area contributed by atoms with Crippen molar-refractivity contribution in [1.29, 1.82) is 5.41 Å². The van der Waals surface area contributed by atoms with Gasteiger partial charge in [-0.05, 0) is 25.7 Å². The largest absolute Gasteiger partial charge is 0.371 e. The van der Waals surface area contributed by atoms with E-state index in [2.05, 4.69) is 4.90 Å². The minimum atomic E-state index is 0.429. The SMILES string of the molecule is N=C(C1CC1)N1CC2CCC(C1)O2. The number of nitrogens with zero attached hydrogens (tertiary/aromatic N) is 1. The molecule has 2 unspecified atom stereocenters. The van der Waals surface area contributed by atoms with Gasteiger partial charge in [0.05, 0.1) is 18.0 Å². The fourth-order valence-electron chi connectivity index (χ4n) is 2.43. The minimum absolute atomic E-state index is 0.429. The summed E-state index contributed by atoms with van der Waals surface area (Å²) in [5.74, 6) is 1.48. The summed E-state index contributed by atoms with van der Waals surface area (Å²) in [7, 11) is 0. The molecule has 2 aliphatic heterocycles. The lowest BCUT2D eigenvalue weighted by Crippen LogP contribution is -2.46. The molecule has 0 aromatic carbocycles. The Hall–Kier alpha value is -0.570. The second-order valence-corrected chi connectivity index (χ2v) is 4.52. The maximum Gasteiger partial charge on any atom is 0.0991 e. The first kappa shape index (κ1) is 7.80. The fourth-order valence-corrected chi connectivity index (χ4v) is 2.43. The third-order valence-corrected chi connectivity index (χ3v) is 3.35. The summed E-state index contributed by atoms with van der Waals surface area (Å²) in [6.45, 7) is 1.96. The van der Waals surface area contributed by atoms with E-state index in [0.29, 0.717) is 18.1 Å². The number of rotatable bonds is 1. The molecule has 3 heteroatoms. The van der Waals surface area contributed by atoms with Crippen LogP contribution in [0.15, 0.2) is 0 Å². The fraction of sp³-hybridized carbons (Fsp3) is 0.900. The van der Waals surface area contributed by atoms with Gasteiger partial charge < -0.3 is 9.64 Å². The Morgan fingerprint density at radius 2 is 1.69 bits per heavy atom. The quantitative estimate of drug-likeness (QED) is 0.487. The van der Waals surface area contributed by atoms with E-state index in [9.17, 15) is 0 Å². The van der Waals surface area contributed by atoms with Crippen LogP contribution >= 0.6 is 0 Å². The molecule has 72 valence electrons. The number of morpholine rings is 1. The molecular weight excluding hydrogens is 164 g/mol. The summed E-state index contributed by atoms with van der Waals surface area (Å²) in [6, 6.07) is 0. The zero-order valence-corrected chi connectivity index (χ0v) is 7.83. The van der Waals surface area contributed by atoms with E-state index in [1.165, 1.54) is 25.7 Å². The van der Waals surface area contributed by atoms with Crippen molar-refractivity contribution in [1.82, 2.24) is 4.90 Å². The average Bonchev–Trinajstić information content (AvgIpc) is 2.92. The van der Waals surface area contributed by atoms with Gasteiger partial charge in [0, 0.05) is 19.0 Å². The van der Waals surface area contributed by atoms with Gasteiger partial charge >= 0.3 is 0 Å². The number of likely N-dealkylation sites (tertiary alicyclic amines) is 1. The van der Waals surface area contributed by atoms with E-state index in [1.54, 1.807) is 0 Å². The van der Waals surface area contributed by atoms with Crippen LogP contribution in [0.5, 0.6) is 0 Å². The smallest absolute Gasteiger partial charge is 0.0991 e. The summed E-state index contributed by atoms with van der Waals surface area (Å²) in [4.78, 5) is 2.25. The first-order valence-corrected chi connectivity index (χ1v) is 5.32. The number of hydrogen-bond acceptors (Lipinski definition) is 2. The third-order valence-electron chi connectivity index (χ3n) is 3.35. The molecule has 3 fully saturated rings. The molecule has 3 aliphatic rings. The number of nitrogens with one attached hydrogen (secondary N) is 1. The van der Waals surface area contributed by atoms with Crippen molar-refractivity contribution < 1.29 is 4.74 Å². The zero-order chi connectivity index (χ0) is 8.84. The molecule has 0 aromatic heterocycles. The number of amidine groups is 1. The van der Waals surface area contributed by atoms with Crippen LogP contribution < -0.4 is 0 Å². The van der Waals surface area contributed by atoms with Crippen molar-refractivity contribution in [2.45, 2.75) is 37.9 Å². The van der Waals surface area contributed by atoms with E-state index in [-0.39, 0.29) is 0 Å². The summed E-state index contributed by atoms with van der Waals surface area (Å²) in [6.07, 6.45) is 5.76. The monoisotopic (exact) mass is 180 g/mol. The van der Waals surface area contributed by atoms with Gasteiger partial charge in [-0.25, -0.2) is 0 Å². The van der Waals surface area contributed by atoms with Crippen LogP contribution in [-0.4, -0.2) is 36.0 Å². The summed E-state index contributed by atoms with van der Waals surface area (Å²) >= 11 is 0. The molecule has 2 bridgehead atoms. The highest BCUT2D eigenvalue weighted by Gasteiger charge is 2.38. The van der Waals surface area contributed by atoms with E-state index in [0.717, 1.165) is 18.9 Å². The second-order valence-electron chi connectivity index (χ2n) is 4.52. The lowest BCUT2D eigenvalue weighted by molar-refractivity contribution is -0.0168. The van der Waals surface area contributed by atoms with Crippen molar-refractivity contribution in [2.75, 3.05) is 13.1 Å². The number of hydrogen-bond donors (Lipinski definition) is 1. The highest BCUT2D eigenvalue weighted by molar-refractivity contribution is 5.83. The summed E-state index contributed by atoms with van der Waals surface area (Å²) in [5.41, 5.74) is 0. The van der Waals surface area contributed by atoms with Gasteiger partial charge in [0.25, 0.3) is 0 Å². The standard InChI is InChI=1S/C10H16N2O/c11-10(7-1-2-7)12-5-8-3-4-9(6-12)13-8/h7-9,11H,1-6H2. The van der Waals surface area contributed by atoms with Gasteiger partial charge in [0.15, 0.2) is 0 Å². The van der Waals surface area contributed by atoms with Crippen LogP contribution in [-0.2, 0) is 4.74 Å². The minimum Gasteiger partial charge on any atom is -0.371 e.